The van der Waals surface area contributed by atoms with Crippen LogP contribution >= 0.6 is 24.0 Å². The Morgan fingerprint density at radius 2 is 1.73 bits per heavy atom. The lowest BCUT2D eigenvalue weighted by molar-refractivity contribution is -0.0667. The van der Waals surface area contributed by atoms with Crippen molar-refractivity contribution in [3.8, 4) is 0 Å². The highest BCUT2D eigenvalue weighted by Gasteiger charge is 2.53. The molecule has 4 nitrogen and oxygen atoms in total. The van der Waals surface area contributed by atoms with Crippen LogP contribution in [0.15, 0.2) is 4.99 Å². The highest BCUT2D eigenvalue weighted by Crippen LogP contribution is 2.46. The minimum Gasteiger partial charge on any atom is -0.356 e. The van der Waals surface area contributed by atoms with Gasteiger partial charge in [0, 0.05) is 30.6 Å². The zero-order valence-electron chi connectivity index (χ0n) is 15.1. The van der Waals surface area contributed by atoms with E-state index >= 15 is 0 Å². The summed E-state index contributed by atoms with van der Waals surface area (Å²) in [5.41, 5.74) is 0.537. The summed E-state index contributed by atoms with van der Waals surface area (Å²) in [5.74, 6) is 1.10. The van der Waals surface area contributed by atoms with Crippen molar-refractivity contribution in [3.05, 3.63) is 0 Å². The number of rotatable bonds is 4. The van der Waals surface area contributed by atoms with E-state index in [1.165, 1.54) is 32.4 Å². The average Bonchev–Trinajstić information content (AvgIpc) is 2.45. The fourth-order valence-electron chi connectivity index (χ4n) is 3.28. The van der Waals surface area contributed by atoms with Crippen molar-refractivity contribution < 1.29 is 0 Å². The van der Waals surface area contributed by atoms with Crippen molar-refractivity contribution in [1.29, 1.82) is 0 Å². The lowest BCUT2D eigenvalue weighted by Gasteiger charge is -2.62. The molecule has 0 aromatic carbocycles. The summed E-state index contributed by atoms with van der Waals surface area (Å²) >= 11 is 0. The average molecular weight is 422 g/mol. The first-order valence-electron chi connectivity index (χ1n) is 8.67. The van der Waals surface area contributed by atoms with Crippen LogP contribution < -0.4 is 5.32 Å². The Morgan fingerprint density at radius 3 is 2.23 bits per heavy atom. The van der Waals surface area contributed by atoms with E-state index in [-0.39, 0.29) is 29.5 Å². The molecular weight excluding hydrogens is 387 g/mol. The Morgan fingerprint density at radius 1 is 1.09 bits per heavy atom. The molecule has 0 spiro atoms. The molecule has 2 aliphatic heterocycles. The van der Waals surface area contributed by atoms with Gasteiger partial charge in [-0.25, -0.2) is 0 Å². The summed E-state index contributed by atoms with van der Waals surface area (Å²) in [6.07, 6.45) is 4.12. The second kappa shape index (κ2) is 8.18. The van der Waals surface area contributed by atoms with Gasteiger partial charge in [-0.05, 0) is 46.7 Å². The Balaban J connectivity index is 0.00000242. The van der Waals surface area contributed by atoms with Gasteiger partial charge in [0.2, 0.25) is 0 Å². The molecule has 2 heterocycles. The first-order chi connectivity index (χ1) is 9.88. The standard InChI is InChI=1S/C17H34N4.HI/c1-6-18-15(21-14-16(2,3)17(21,4)5)19-10-13-20-11-8-7-9-12-20;/h6-14H2,1-5H3,(H,18,19);1H. The molecule has 0 amide bonds. The van der Waals surface area contributed by atoms with E-state index < -0.39 is 0 Å². The third-order valence-corrected chi connectivity index (χ3v) is 5.60. The van der Waals surface area contributed by atoms with Crippen molar-refractivity contribution in [1.82, 2.24) is 15.1 Å². The van der Waals surface area contributed by atoms with E-state index in [0.717, 1.165) is 32.1 Å². The van der Waals surface area contributed by atoms with Crippen molar-refractivity contribution in [2.45, 2.75) is 59.4 Å². The van der Waals surface area contributed by atoms with E-state index in [4.69, 9.17) is 4.99 Å². The maximum absolute atomic E-state index is 4.88. The molecule has 2 rings (SSSR count). The summed E-state index contributed by atoms with van der Waals surface area (Å²) in [7, 11) is 0. The van der Waals surface area contributed by atoms with Gasteiger partial charge in [0.25, 0.3) is 0 Å². The highest BCUT2D eigenvalue weighted by atomic mass is 127. The number of hydrogen-bond acceptors (Lipinski definition) is 2. The van der Waals surface area contributed by atoms with Crippen LogP contribution in [0.5, 0.6) is 0 Å². The Hall–Kier alpha value is -0.0400. The molecule has 1 N–H and O–H groups in total. The molecule has 0 atom stereocenters. The van der Waals surface area contributed by atoms with E-state index in [1.54, 1.807) is 0 Å². The Kier molecular flexibility index (Phi) is 7.43. The summed E-state index contributed by atoms with van der Waals surface area (Å²) in [6.45, 7) is 18.1. The van der Waals surface area contributed by atoms with E-state index in [1.807, 2.05) is 0 Å². The molecule has 5 heteroatoms. The first-order valence-corrected chi connectivity index (χ1v) is 8.67. The smallest absolute Gasteiger partial charge is 0.194 e. The second-order valence-corrected chi connectivity index (χ2v) is 7.67. The van der Waals surface area contributed by atoms with Gasteiger partial charge in [-0.2, -0.15) is 0 Å². The normalized spacial score (nSPS) is 24.4. The highest BCUT2D eigenvalue weighted by molar-refractivity contribution is 14.0. The van der Waals surface area contributed by atoms with Crippen LogP contribution in [0, 0.1) is 5.41 Å². The van der Waals surface area contributed by atoms with Gasteiger partial charge < -0.3 is 15.1 Å². The lowest BCUT2D eigenvalue weighted by Crippen LogP contribution is -2.72. The van der Waals surface area contributed by atoms with Crippen LogP contribution in [0.1, 0.15) is 53.9 Å². The number of likely N-dealkylation sites (tertiary alicyclic amines) is 2. The Bertz CT molecular complexity index is 373. The number of guanidine groups is 1. The molecule has 2 fully saturated rings. The van der Waals surface area contributed by atoms with Crippen LogP contribution in [0.3, 0.4) is 0 Å². The van der Waals surface area contributed by atoms with Crippen LogP contribution in [-0.4, -0.2) is 60.6 Å². The van der Waals surface area contributed by atoms with Gasteiger partial charge >= 0.3 is 0 Å². The summed E-state index contributed by atoms with van der Waals surface area (Å²) in [5, 5.41) is 3.47. The molecular formula is C17H35IN4. The van der Waals surface area contributed by atoms with Crippen molar-refractivity contribution >= 4 is 29.9 Å². The van der Waals surface area contributed by atoms with Gasteiger partial charge in [0.05, 0.1) is 6.54 Å². The zero-order valence-corrected chi connectivity index (χ0v) is 17.4. The number of aliphatic imine (C=N–C) groups is 1. The molecule has 0 aromatic heterocycles. The molecule has 0 unspecified atom stereocenters. The van der Waals surface area contributed by atoms with Gasteiger partial charge in [-0.1, -0.05) is 20.3 Å². The summed E-state index contributed by atoms with van der Waals surface area (Å²) < 4.78 is 0. The third-order valence-electron chi connectivity index (χ3n) is 5.60. The van der Waals surface area contributed by atoms with Gasteiger partial charge in [-0.3, -0.25) is 4.99 Å². The quantitative estimate of drug-likeness (QED) is 0.429. The maximum atomic E-state index is 4.88. The number of halogens is 1. The zero-order chi connectivity index (χ0) is 15.5. The Labute approximate surface area is 154 Å². The first kappa shape index (κ1) is 20.0. The molecule has 0 aliphatic carbocycles. The molecule has 130 valence electrons. The molecule has 0 aromatic rings. The molecule has 22 heavy (non-hydrogen) atoms. The van der Waals surface area contributed by atoms with Crippen LogP contribution in [0.25, 0.3) is 0 Å². The minimum atomic E-state index is 0. The van der Waals surface area contributed by atoms with Crippen molar-refractivity contribution in [2.75, 3.05) is 39.3 Å². The van der Waals surface area contributed by atoms with Crippen molar-refractivity contribution in [2.24, 2.45) is 10.4 Å². The van der Waals surface area contributed by atoms with Crippen LogP contribution in [-0.2, 0) is 0 Å². The van der Waals surface area contributed by atoms with Crippen LogP contribution in [0.4, 0.5) is 0 Å². The van der Waals surface area contributed by atoms with Gasteiger partial charge in [0.15, 0.2) is 5.96 Å². The number of nitrogens with zero attached hydrogens (tertiary/aromatic N) is 3. The molecule has 0 bridgehead atoms. The predicted molar refractivity (Wildman–Crippen MR) is 106 cm³/mol. The second-order valence-electron chi connectivity index (χ2n) is 7.67. The van der Waals surface area contributed by atoms with E-state index in [9.17, 15) is 0 Å². The van der Waals surface area contributed by atoms with E-state index in [2.05, 4.69) is 49.7 Å². The van der Waals surface area contributed by atoms with Gasteiger partial charge in [0.1, 0.15) is 0 Å². The molecule has 2 saturated heterocycles. The number of nitrogens with one attached hydrogen (secondary N) is 1. The van der Waals surface area contributed by atoms with E-state index in [0.29, 0.717) is 5.41 Å². The monoisotopic (exact) mass is 422 g/mol. The number of piperidine rings is 1. The fraction of sp³-hybridized carbons (Fsp3) is 0.941. The third kappa shape index (κ3) is 4.28. The topological polar surface area (TPSA) is 30.9 Å². The van der Waals surface area contributed by atoms with Crippen LogP contribution in [0.2, 0.25) is 0 Å². The van der Waals surface area contributed by atoms with Crippen molar-refractivity contribution in [3.63, 3.8) is 0 Å². The minimum absolute atomic E-state index is 0. The predicted octanol–water partition coefficient (Wildman–Crippen LogP) is 3.18. The number of hydrogen-bond donors (Lipinski definition) is 1. The van der Waals surface area contributed by atoms with Gasteiger partial charge in [-0.15, -0.1) is 24.0 Å². The molecule has 2 aliphatic rings. The summed E-state index contributed by atoms with van der Waals surface area (Å²) in [4.78, 5) is 9.88. The SMILES string of the molecule is CCNC(=NCCN1CCCCC1)N1CC(C)(C)C1(C)C.I. The fourth-order valence-corrected chi connectivity index (χ4v) is 3.28. The maximum Gasteiger partial charge on any atom is 0.194 e. The largest absolute Gasteiger partial charge is 0.356 e. The summed E-state index contributed by atoms with van der Waals surface area (Å²) in [6, 6.07) is 0. The lowest BCUT2D eigenvalue weighted by atomic mass is 9.65. The molecule has 0 radical (unpaired) electrons. The molecule has 0 saturated carbocycles.